The van der Waals surface area contributed by atoms with Crippen molar-refractivity contribution in [3.63, 3.8) is 0 Å². The quantitative estimate of drug-likeness (QED) is 0.529. The number of amides is 2. The largest absolute Gasteiger partial charge is 0.484 e. The van der Waals surface area contributed by atoms with Crippen molar-refractivity contribution < 1.29 is 23.5 Å². The Labute approximate surface area is 198 Å². The minimum Gasteiger partial charge on any atom is -0.484 e. The van der Waals surface area contributed by atoms with Crippen LogP contribution in [0.2, 0.25) is 0 Å². The number of carbonyl (C=O) groups excluding carboxylic acids is 2. The lowest BCUT2D eigenvalue weighted by atomic mass is 10.1. The maximum atomic E-state index is 14.6. The van der Waals surface area contributed by atoms with Gasteiger partial charge in [0, 0.05) is 38.1 Å². The van der Waals surface area contributed by atoms with Crippen LogP contribution < -0.4 is 15.4 Å². The van der Waals surface area contributed by atoms with Gasteiger partial charge in [-0.25, -0.2) is 14.2 Å². The molecule has 182 valence electrons. The van der Waals surface area contributed by atoms with Crippen molar-refractivity contribution >= 4 is 18.2 Å². The monoisotopic (exact) mass is 471 g/mol. The van der Waals surface area contributed by atoms with Gasteiger partial charge in [-0.3, -0.25) is 9.69 Å². The number of cyclic esters (lactones) is 1. The Bertz CT molecular complexity index is 1010. The summed E-state index contributed by atoms with van der Waals surface area (Å²) in [7, 11) is 0. The van der Waals surface area contributed by atoms with Gasteiger partial charge in [-0.2, -0.15) is 0 Å². The van der Waals surface area contributed by atoms with Crippen LogP contribution in [0.1, 0.15) is 24.0 Å². The summed E-state index contributed by atoms with van der Waals surface area (Å²) in [5, 5.41) is 6.47. The molecule has 0 spiro atoms. The molecule has 2 unspecified atom stereocenters. The molecular weight excluding hydrogens is 441 g/mol. The van der Waals surface area contributed by atoms with E-state index in [1.54, 1.807) is 22.2 Å². The van der Waals surface area contributed by atoms with Crippen molar-refractivity contribution in [3.05, 3.63) is 41.1 Å². The maximum absolute atomic E-state index is 14.6. The molecule has 9 nitrogen and oxygen atoms in total. The molecule has 0 aromatic heterocycles. The molecule has 2 saturated heterocycles. The van der Waals surface area contributed by atoms with Crippen LogP contribution in [-0.2, 0) is 22.4 Å². The number of nitrogens with one attached hydrogen (secondary N) is 2. The Hall–Kier alpha value is -3.14. The van der Waals surface area contributed by atoms with Gasteiger partial charge in [0.05, 0.1) is 6.54 Å². The molecule has 2 N–H and O–H groups in total. The number of hydrogen-bond donors (Lipinski definition) is 2. The number of nitrogens with zero attached hydrogens (tertiary/aromatic N) is 3. The van der Waals surface area contributed by atoms with Crippen molar-refractivity contribution in [1.29, 1.82) is 0 Å². The van der Waals surface area contributed by atoms with Crippen LogP contribution in [0.5, 0.6) is 5.75 Å². The van der Waals surface area contributed by atoms with E-state index in [0.29, 0.717) is 44.0 Å². The molecule has 4 aliphatic rings. The number of rotatable bonds is 9. The Morgan fingerprint density at radius 3 is 2.97 bits per heavy atom. The SMILES string of the molecule is O=C(COc1cc(F)c2c(c1)CC(CNCCC1CN(C3=CNCC=N3)C(=O)O1)C2)N1CCC1. The first-order valence-electron chi connectivity index (χ1n) is 11.9. The number of ether oxygens (including phenoxy) is 2. The van der Waals surface area contributed by atoms with Crippen LogP contribution in [0.25, 0.3) is 0 Å². The highest BCUT2D eigenvalue weighted by atomic mass is 19.1. The predicted octanol–water partition coefficient (Wildman–Crippen LogP) is 1.42. The zero-order valence-corrected chi connectivity index (χ0v) is 19.1. The Morgan fingerprint density at radius 1 is 1.32 bits per heavy atom. The number of benzene rings is 1. The summed E-state index contributed by atoms with van der Waals surface area (Å²) in [4.78, 5) is 31.6. The van der Waals surface area contributed by atoms with Crippen LogP contribution >= 0.6 is 0 Å². The molecule has 1 aromatic carbocycles. The third-order valence-corrected chi connectivity index (χ3v) is 6.72. The van der Waals surface area contributed by atoms with Gasteiger partial charge in [-0.05, 0) is 61.9 Å². The van der Waals surface area contributed by atoms with Crippen LogP contribution in [0.4, 0.5) is 9.18 Å². The van der Waals surface area contributed by atoms with E-state index >= 15 is 0 Å². The van der Waals surface area contributed by atoms with E-state index in [0.717, 1.165) is 43.6 Å². The van der Waals surface area contributed by atoms with E-state index in [4.69, 9.17) is 9.47 Å². The number of fused-ring (bicyclic) bond motifs is 1. The summed E-state index contributed by atoms with van der Waals surface area (Å²) in [5.74, 6) is 0.964. The fourth-order valence-electron chi connectivity index (χ4n) is 4.73. The zero-order chi connectivity index (χ0) is 23.5. The molecule has 0 saturated carbocycles. The number of hydrogen-bond acceptors (Lipinski definition) is 7. The number of likely N-dealkylation sites (tertiary alicyclic amines) is 1. The van der Waals surface area contributed by atoms with Crippen LogP contribution in [0.3, 0.4) is 0 Å². The zero-order valence-electron chi connectivity index (χ0n) is 19.1. The van der Waals surface area contributed by atoms with Gasteiger partial charge in [0.2, 0.25) is 0 Å². The Balaban J connectivity index is 1.04. The molecule has 2 amide bonds. The molecule has 0 bridgehead atoms. The lowest BCUT2D eigenvalue weighted by Crippen LogP contribution is -2.44. The van der Waals surface area contributed by atoms with Gasteiger partial charge in [0.1, 0.15) is 17.7 Å². The third kappa shape index (κ3) is 5.01. The summed E-state index contributed by atoms with van der Waals surface area (Å²) in [6, 6.07) is 3.26. The van der Waals surface area contributed by atoms with Gasteiger partial charge in [-0.15, -0.1) is 0 Å². The van der Waals surface area contributed by atoms with E-state index < -0.39 is 0 Å². The van der Waals surface area contributed by atoms with Gasteiger partial charge in [-0.1, -0.05) is 0 Å². The molecular formula is C24H30FN5O4. The fraction of sp³-hybridized carbons (Fsp3) is 0.542. The first kappa shape index (κ1) is 22.6. The molecule has 10 heteroatoms. The predicted molar refractivity (Wildman–Crippen MR) is 123 cm³/mol. The lowest BCUT2D eigenvalue weighted by Gasteiger charge is -2.30. The van der Waals surface area contributed by atoms with E-state index in [2.05, 4.69) is 15.6 Å². The first-order valence-corrected chi connectivity index (χ1v) is 11.9. The fourth-order valence-corrected chi connectivity index (χ4v) is 4.73. The van der Waals surface area contributed by atoms with Crippen LogP contribution in [0, 0.1) is 11.7 Å². The highest BCUT2D eigenvalue weighted by Crippen LogP contribution is 2.32. The summed E-state index contributed by atoms with van der Waals surface area (Å²) >= 11 is 0. The highest BCUT2D eigenvalue weighted by molar-refractivity contribution is 5.78. The normalized spacial score (nSPS) is 23.2. The van der Waals surface area contributed by atoms with Crippen molar-refractivity contribution in [2.45, 2.75) is 31.8 Å². The molecule has 5 rings (SSSR count). The first-order chi connectivity index (χ1) is 16.6. The van der Waals surface area contributed by atoms with Crippen LogP contribution in [-0.4, -0.2) is 80.0 Å². The Morgan fingerprint density at radius 2 is 2.21 bits per heavy atom. The topological polar surface area (TPSA) is 95.5 Å². The summed E-state index contributed by atoms with van der Waals surface area (Å²) < 4.78 is 25.7. The third-order valence-electron chi connectivity index (χ3n) is 6.72. The second kappa shape index (κ2) is 10.0. The maximum Gasteiger partial charge on any atom is 0.415 e. The summed E-state index contributed by atoms with van der Waals surface area (Å²) in [5.41, 5.74) is 1.69. The molecule has 1 aromatic rings. The van der Waals surface area contributed by atoms with Crippen molar-refractivity contribution in [1.82, 2.24) is 20.4 Å². The minimum atomic E-state index is -0.372. The van der Waals surface area contributed by atoms with Gasteiger partial charge in [0.25, 0.3) is 5.91 Å². The standard InChI is InChI=1S/C24H30FN5O4/c25-21-11-19(33-15-23(31)29-6-1-7-29)10-17-8-16(9-20(17)21)12-26-3-2-18-14-30(24(32)34-18)22-13-27-4-5-28-22/h5,10-11,13,16,18,26-27H,1-4,6-9,12,14-15H2. The van der Waals surface area contributed by atoms with E-state index in [1.807, 2.05) is 6.07 Å². The molecule has 1 aliphatic carbocycles. The molecule has 2 fully saturated rings. The number of halogens is 1. The molecule has 3 aliphatic heterocycles. The molecule has 0 radical (unpaired) electrons. The van der Waals surface area contributed by atoms with Crippen molar-refractivity contribution in [2.75, 3.05) is 45.9 Å². The van der Waals surface area contributed by atoms with E-state index in [9.17, 15) is 14.0 Å². The van der Waals surface area contributed by atoms with E-state index in [1.165, 1.54) is 6.07 Å². The minimum absolute atomic E-state index is 0.0491. The number of aliphatic imine (C=N–C) groups is 1. The second-order valence-corrected chi connectivity index (χ2v) is 9.17. The van der Waals surface area contributed by atoms with Gasteiger partial charge < -0.3 is 25.0 Å². The Kier molecular flexibility index (Phi) is 6.66. The lowest BCUT2D eigenvalue weighted by molar-refractivity contribution is -0.136. The molecule has 3 heterocycles. The van der Waals surface area contributed by atoms with Crippen molar-refractivity contribution in [2.24, 2.45) is 10.9 Å². The summed E-state index contributed by atoms with van der Waals surface area (Å²) in [6.07, 6.45) is 6.06. The average Bonchev–Trinajstić information content (AvgIpc) is 3.38. The average molecular weight is 472 g/mol. The van der Waals surface area contributed by atoms with E-state index in [-0.39, 0.29) is 36.4 Å². The molecule has 34 heavy (non-hydrogen) atoms. The van der Waals surface area contributed by atoms with Crippen LogP contribution in [0.15, 0.2) is 29.1 Å². The number of carbonyl (C=O) groups is 2. The summed E-state index contributed by atoms with van der Waals surface area (Å²) in [6.45, 7) is 4.10. The smallest absolute Gasteiger partial charge is 0.415 e. The van der Waals surface area contributed by atoms with Gasteiger partial charge >= 0.3 is 6.09 Å². The highest BCUT2D eigenvalue weighted by Gasteiger charge is 2.33. The van der Waals surface area contributed by atoms with Crippen molar-refractivity contribution in [3.8, 4) is 5.75 Å². The van der Waals surface area contributed by atoms with Gasteiger partial charge in [0.15, 0.2) is 12.4 Å². The molecule has 2 atom stereocenters. The second-order valence-electron chi connectivity index (χ2n) is 9.17.